The molecule has 1 aromatic carbocycles. The maximum Gasteiger partial charge on any atom is 0.242 e. The van der Waals surface area contributed by atoms with E-state index in [1.165, 1.54) is 18.2 Å². The molecule has 0 heterocycles. The van der Waals surface area contributed by atoms with Crippen molar-refractivity contribution in [3.8, 4) is 6.07 Å². The Morgan fingerprint density at radius 2 is 2.22 bits per heavy atom. The standard InChI is InChI=1S/C11H13ClN2O3S/c1-2-10(7-15)14-18(16,17)11-4-3-9(12)5-8(11)6-13/h3-5,10,14-15H,2,7H2,1H3. The zero-order valence-corrected chi connectivity index (χ0v) is 11.3. The summed E-state index contributed by atoms with van der Waals surface area (Å²) in [5.74, 6) is 0. The van der Waals surface area contributed by atoms with Crippen molar-refractivity contribution in [2.75, 3.05) is 6.61 Å². The Hall–Kier alpha value is -1.13. The summed E-state index contributed by atoms with van der Waals surface area (Å²) in [5.41, 5.74) is -0.0252. The summed E-state index contributed by atoms with van der Waals surface area (Å²) >= 11 is 5.70. The number of nitrogens with zero attached hydrogens (tertiary/aromatic N) is 1. The van der Waals surface area contributed by atoms with Crippen LogP contribution in [-0.2, 0) is 10.0 Å². The first kappa shape index (κ1) is 14.9. The number of nitrogens with one attached hydrogen (secondary N) is 1. The van der Waals surface area contributed by atoms with Crippen LogP contribution in [-0.4, -0.2) is 26.2 Å². The van der Waals surface area contributed by atoms with Gasteiger partial charge in [-0.1, -0.05) is 18.5 Å². The van der Waals surface area contributed by atoms with E-state index in [4.69, 9.17) is 22.0 Å². The maximum absolute atomic E-state index is 12.0. The second-order valence-corrected chi connectivity index (χ2v) is 5.78. The van der Waals surface area contributed by atoms with Crippen LogP contribution in [0.4, 0.5) is 0 Å². The lowest BCUT2D eigenvalue weighted by atomic mass is 10.2. The lowest BCUT2D eigenvalue weighted by molar-refractivity contribution is 0.254. The van der Waals surface area contributed by atoms with E-state index >= 15 is 0 Å². The first-order valence-electron chi connectivity index (χ1n) is 5.27. The molecule has 0 aliphatic heterocycles. The molecule has 0 aliphatic rings. The summed E-state index contributed by atoms with van der Waals surface area (Å²) in [4.78, 5) is -0.138. The molecule has 98 valence electrons. The minimum atomic E-state index is -3.83. The van der Waals surface area contributed by atoms with Gasteiger partial charge in [0.25, 0.3) is 0 Å². The molecule has 0 aromatic heterocycles. The molecule has 0 fully saturated rings. The van der Waals surface area contributed by atoms with Crippen LogP contribution in [0.25, 0.3) is 0 Å². The predicted octanol–water partition coefficient (Wildman–Crippen LogP) is 1.26. The van der Waals surface area contributed by atoms with Crippen LogP contribution >= 0.6 is 11.6 Å². The Labute approximate surface area is 111 Å². The molecule has 1 unspecified atom stereocenters. The van der Waals surface area contributed by atoms with Gasteiger partial charge in [0.05, 0.1) is 17.1 Å². The average molecular weight is 289 g/mol. The van der Waals surface area contributed by atoms with Crippen LogP contribution in [0.1, 0.15) is 18.9 Å². The summed E-state index contributed by atoms with van der Waals surface area (Å²) in [6.45, 7) is 1.45. The van der Waals surface area contributed by atoms with Gasteiger partial charge in [0, 0.05) is 11.1 Å². The van der Waals surface area contributed by atoms with E-state index in [2.05, 4.69) is 4.72 Å². The van der Waals surface area contributed by atoms with Gasteiger partial charge in [-0.2, -0.15) is 5.26 Å². The smallest absolute Gasteiger partial charge is 0.242 e. The minimum absolute atomic E-state index is 0.0252. The summed E-state index contributed by atoms with van der Waals surface area (Å²) in [7, 11) is -3.83. The third-order valence-electron chi connectivity index (χ3n) is 2.39. The van der Waals surface area contributed by atoms with Crippen molar-refractivity contribution in [3.63, 3.8) is 0 Å². The van der Waals surface area contributed by atoms with Crippen LogP contribution < -0.4 is 4.72 Å². The number of aliphatic hydroxyl groups excluding tert-OH is 1. The highest BCUT2D eigenvalue weighted by Gasteiger charge is 2.21. The van der Waals surface area contributed by atoms with Crippen LogP contribution in [0, 0.1) is 11.3 Å². The van der Waals surface area contributed by atoms with Gasteiger partial charge in [0.1, 0.15) is 6.07 Å². The zero-order chi connectivity index (χ0) is 13.8. The van der Waals surface area contributed by atoms with Crippen LogP contribution in [0.2, 0.25) is 5.02 Å². The Morgan fingerprint density at radius 3 is 2.72 bits per heavy atom. The number of benzene rings is 1. The molecule has 1 aromatic rings. The second kappa shape index (κ2) is 6.16. The highest BCUT2D eigenvalue weighted by atomic mass is 35.5. The molecule has 18 heavy (non-hydrogen) atoms. The highest BCUT2D eigenvalue weighted by molar-refractivity contribution is 7.89. The van der Waals surface area contributed by atoms with E-state index in [-0.39, 0.29) is 17.1 Å². The molecular formula is C11H13ClN2O3S. The molecule has 1 rings (SSSR count). The normalized spacial score (nSPS) is 13.0. The fraction of sp³-hybridized carbons (Fsp3) is 0.364. The third-order valence-corrected chi connectivity index (χ3v) is 4.20. The van der Waals surface area contributed by atoms with Crippen molar-refractivity contribution in [2.45, 2.75) is 24.3 Å². The molecule has 7 heteroatoms. The second-order valence-electron chi connectivity index (χ2n) is 3.66. The molecule has 0 radical (unpaired) electrons. The number of halogens is 1. The number of hydrogen-bond acceptors (Lipinski definition) is 4. The van der Waals surface area contributed by atoms with E-state index in [1.807, 2.05) is 0 Å². The fourth-order valence-electron chi connectivity index (χ4n) is 1.36. The molecule has 5 nitrogen and oxygen atoms in total. The Morgan fingerprint density at radius 1 is 1.56 bits per heavy atom. The number of aliphatic hydroxyl groups is 1. The van der Waals surface area contributed by atoms with Gasteiger partial charge in [-0.05, 0) is 24.6 Å². The Kier molecular flexibility index (Phi) is 5.11. The number of hydrogen-bond donors (Lipinski definition) is 2. The van der Waals surface area contributed by atoms with Crippen LogP contribution in [0.5, 0.6) is 0 Å². The summed E-state index contributed by atoms with van der Waals surface area (Å²) < 4.78 is 26.4. The largest absolute Gasteiger partial charge is 0.395 e. The monoisotopic (exact) mass is 288 g/mol. The van der Waals surface area contributed by atoms with Gasteiger partial charge in [0.2, 0.25) is 10.0 Å². The molecule has 0 saturated heterocycles. The van der Waals surface area contributed by atoms with Crippen molar-refractivity contribution in [1.82, 2.24) is 4.72 Å². The predicted molar refractivity (Wildman–Crippen MR) is 67.7 cm³/mol. The summed E-state index contributed by atoms with van der Waals surface area (Å²) in [6, 6.07) is 5.17. The van der Waals surface area contributed by atoms with Gasteiger partial charge < -0.3 is 5.11 Å². The van der Waals surface area contributed by atoms with Crippen molar-refractivity contribution in [3.05, 3.63) is 28.8 Å². The van der Waals surface area contributed by atoms with Crippen molar-refractivity contribution < 1.29 is 13.5 Å². The Bertz CT molecular complexity index is 562. The number of rotatable bonds is 5. The molecule has 1 atom stereocenters. The topological polar surface area (TPSA) is 90.2 Å². The van der Waals surface area contributed by atoms with Gasteiger partial charge >= 0.3 is 0 Å². The van der Waals surface area contributed by atoms with Gasteiger partial charge in [-0.25, -0.2) is 13.1 Å². The minimum Gasteiger partial charge on any atom is -0.395 e. The first-order chi connectivity index (χ1) is 8.44. The quantitative estimate of drug-likeness (QED) is 0.853. The van der Waals surface area contributed by atoms with Crippen molar-refractivity contribution >= 4 is 21.6 Å². The van der Waals surface area contributed by atoms with Crippen LogP contribution in [0.15, 0.2) is 23.1 Å². The Balaban J connectivity index is 3.17. The first-order valence-corrected chi connectivity index (χ1v) is 7.13. The molecule has 0 amide bonds. The molecule has 2 N–H and O–H groups in total. The number of nitriles is 1. The van der Waals surface area contributed by atoms with Crippen LogP contribution in [0.3, 0.4) is 0 Å². The van der Waals surface area contributed by atoms with Crippen molar-refractivity contribution in [1.29, 1.82) is 5.26 Å². The van der Waals surface area contributed by atoms with Gasteiger partial charge in [-0.3, -0.25) is 0 Å². The van der Waals surface area contributed by atoms with E-state index < -0.39 is 16.1 Å². The van der Waals surface area contributed by atoms with Gasteiger partial charge in [0.15, 0.2) is 0 Å². The van der Waals surface area contributed by atoms with E-state index in [0.717, 1.165) is 0 Å². The van der Waals surface area contributed by atoms with E-state index in [1.54, 1.807) is 13.0 Å². The third kappa shape index (κ3) is 3.43. The molecule has 0 spiro atoms. The zero-order valence-electron chi connectivity index (χ0n) is 9.72. The fourth-order valence-corrected chi connectivity index (χ4v) is 2.98. The summed E-state index contributed by atoms with van der Waals surface area (Å²) in [6.07, 6.45) is 0.450. The van der Waals surface area contributed by atoms with E-state index in [9.17, 15) is 8.42 Å². The highest BCUT2D eigenvalue weighted by Crippen LogP contribution is 2.20. The molecular weight excluding hydrogens is 276 g/mol. The van der Waals surface area contributed by atoms with Gasteiger partial charge in [-0.15, -0.1) is 0 Å². The average Bonchev–Trinajstić information content (AvgIpc) is 2.35. The summed E-state index contributed by atoms with van der Waals surface area (Å²) in [5, 5.41) is 18.2. The molecule has 0 aliphatic carbocycles. The SMILES string of the molecule is CCC(CO)NS(=O)(=O)c1ccc(Cl)cc1C#N. The molecule has 0 bridgehead atoms. The lowest BCUT2D eigenvalue weighted by Crippen LogP contribution is -2.37. The van der Waals surface area contributed by atoms with Crippen molar-refractivity contribution in [2.24, 2.45) is 0 Å². The lowest BCUT2D eigenvalue weighted by Gasteiger charge is -2.15. The maximum atomic E-state index is 12.0. The number of sulfonamides is 1. The molecule has 0 saturated carbocycles. The van der Waals surface area contributed by atoms with E-state index in [0.29, 0.717) is 11.4 Å².